The monoisotopic (exact) mass is 525 g/mol. The Morgan fingerprint density at radius 1 is 1.33 bits per heavy atom. The molecular weight excluding hydrogens is 497 g/mol. The minimum Gasteiger partial charge on any atom is -0.468 e. The molecule has 2 aliphatic rings. The molecule has 1 aromatic heterocycles. The molecule has 0 aliphatic carbocycles. The van der Waals surface area contributed by atoms with Crippen molar-refractivity contribution >= 4 is 13.7 Å². The SMILES string of the molecule is COC(=O)[C@H](C)NP(=O)(OCC1OC(n2ccc(=O)[nH]c2=O)[C@@]2(CCCO2)[C@@H]1O)Oc1ccccc1. The molecule has 3 unspecified atom stereocenters. The van der Waals surface area contributed by atoms with Gasteiger partial charge in [-0.05, 0) is 31.9 Å². The van der Waals surface area contributed by atoms with E-state index in [9.17, 15) is 24.1 Å². The summed E-state index contributed by atoms with van der Waals surface area (Å²) in [5.74, 6) is -0.477. The van der Waals surface area contributed by atoms with Gasteiger partial charge in [0.05, 0.1) is 13.7 Å². The number of para-hydroxylation sites is 1. The van der Waals surface area contributed by atoms with E-state index in [-0.39, 0.29) is 5.75 Å². The summed E-state index contributed by atoms with van der Waals surface area (Å²) in [6.07, 6.45) is -1.20. The molecule has 36 heavy (non-hydrogen) atoms. The number of nitrogens with zero attached hydrogens (tertiary/aromatic N) is 1. The minimum absolute atomic E-state index is 0.214. The normalized spacial score (nSPS) is 28.0. The van der Waals surface area contributed by atoms with Gasteiger partial charge in [-0.2, -0.15) is 5.09 Å². The standard InChI is InChI=1S/C22H28N3O10P/c1-14(19(28)31-2)24-36(30,35-15-7-4-3-5-8-15)33-13-16-18(27)22(10-6-12-32-22)20(34-16)25-11-9-17(26)23-21(25)29/h3-5,7-9,11,14,16,18,20,27H,6,10,12-13H2,1-2H3,(H,24,30)(H,23,26,29)/t14-,16?,18+,20?,22+,36?/m0/s1. The Bertz CT molecular complexity index is 1230. The van der Waals surface area contributed by atoms with Gasteiger partial charge in [0.1, 0.15) is 29.6 Å². The van der Waals surface area contributed by atoms with Crippen molar-refractivity contribution in [1.82, 2.24) is 14.6 Å². The lowest BCUT2D eigenvalue weighted by molar-refractivity contribution is -0.142. The number of carbonyl (C=O) groups is 1. The summed E-state index contributed by atoms with van der Waals surface area (Å²) in [5.41, 5.74) is -2.60. The highest BCUT2D eigenvalue weighted by molar-refractivity contribution is 7.52. The van der Waals surface area contributed by atoms with Gasteiger partial charge in [0.25, 0.3) is 5.56 Å². The van der Waals surface area contributed by atoms with Crippen LogP contribution >= 0.6 is 7.75 Å². The van der Waals surface area contributed by atoms with Crippen LogP contribution in [0.5, 0.6) is 5.75 Å². The minimum atomic E-state index is -4.19. The van der Waals surface area contributed by atoms with Crippen LogP contribution in [0, 0.1) is 0 Å². The number of benzene rings is 1. The van der Waals surface area contributed by atoms with Gasteiger partial charge < -0.3 is 23.8 Å². The fraction of sp³-hybridized carbons (Fsp3) is 0.500. The maximum atomic E-state index is 13.6. The van der Waals surface area contributed by atoms with Gasteiger partial charge in [0, 0.05) is 18.9 Å². The van der Waals surface area contributed by atoms with Crippen molar-refractivity contribution in [2.45, 2.75) is 49.8 Å². The molecule has 3 heterocycles. The smallest absolute Gasteiger partial charge is 0.459 e. The Hall–Kier alpha value is -2.80. The van der Waals surface area contributed by atoms with Gasteiger partial charge in [-0.15, -0.1) is 0 Å². The van der Waals surface area contributed by atoms with E-state index in [2.05, 4.69) is 14.8 Å². The third kappa shape index (κ3) is 5.31. The second-order valence-electron chi connectivity index (χ2n) is 8.47. The highest BCUT2D eigenvalue weighted by atomic mass is 31.2. The van der Waals surface area contributed by atoms with Crippen LogP contribution in [-0.4, -0.2) is 64.8 Å². The molecule has 0 radical (unpaired) electrons. The highest BCUT2D eigenvalue weighted by Crippen LogP contribution is 2.49. The van der Waals surface area contributed by atoms with E-state index in [0.29, 0.717) is 19.4 Å². The third-order valence-electron chi connectivity index (χ3n) is 6.05. The molecular formula is C22H28N3O10P. The predicted molar refractivity (Wildman–Crippen MR) is 124 cm³/mol. The Balaban J connectivity index is 1.57. The first-order valence-corrected chi connectivity index (χ1v) is 12.9. The summed E-state index contributed by atoms with van der Waals surface area (Å²) in [7, 11) is -3.01. The Morgan fingerprint density at radius 2 is 2.08 bits per heavy atom. The van der Waals surface area contributed by atoms with E-state index < -0.39 is 61.7 Å². The molecule has 3 N–H and O–H groups in total. The molecule has 2 aliphatic heterocycles. The zero-order valence-corrected chi connectivity index (χ0v) is 20.6. The molecule has 0 saturated carbocycles. The molecule has 6 atom stereocenters. The average Bonchev–Trinajstić information content (AvgIpc) is 3.44. The van der Waals surface area contributed by atoms with Crippen LogP contribution in [0.15, 0.2) is 52.2 Å². The summed E-state index contributed by atoms with van der Waals surface area (Å²) in [6.45, 7) is 1.32. The van der Waals surface area contributed by atoms with E-state index >= 15 is 0 Å². The first kappa shape index (κ1) is 26.3. The molecule has 1 aromatic carbocycles. The molecule has 2 aromatic rings. The summed E-state index contributed by atoms with van der Waals surface area (Å²) in [5, 5.41) is 13.7. The second kappa shape index (κ2) is 10.7. The first-order chi connectivity index (χ1) is 17.2. The van der Waals surface area contributed by atoms with E-state index in [1.165, 1.54) is 20.2 Å². The lowest BCUT2D eigenvalue weighted by Crippen LogP contribution is -2.48. The number of carbonyl (C=O) groups excluding carboxylic acids is 1. The molecule has 13 nitrogen and oxygen atoms in total. The van der Waals surface area contributed by atoms with Gasteiger partial charge >= 0.3 is 19.4 Å². The van der Waals surface area contributed by atoms with Crippen molar-refractivity contribution in [3.05, 3.63) is 63.4 Å². The van der Waals surface area contributed by atoms with Crippen molar-refractivity contribution in [3.8, 4) is 5.75 Å². The largest absolute Gasteiger partial charge is 0.468 e. The van der Waals surface area contributed by atoms with Crippen LogP contribution in [-0.2, 0) is 28.1 Å². The van der Waals surface area contributed by atoms with Gasteiger partial charge in [-0.25, -0.2) is 9.36 Å². The van der Waals surface area contributed by atoms with Crippen molar-refractivity contribution in [3.63, 3.8) is 0 Å². The lowest BCUT2D eigenvalue weighted by atomic mass is 9.91. The number of rotatable bonds is 9. The number of aromatic nitrogens is 2. The maximum Gasteiger partial charge on any atom is 0.459 e. The van der Waals surface area contributed by atoms with Crippen molar-refractivity contribution in [1.29, 1.82) is 0 Å². The Labute approximate surface area is 205 Å². The van der Waals surface area contributed by atoms with Crippen molar-refractivity contribution in [2.75, 3.05) is 20.3 Å². The Morgan fingerprint density at radius 3 is 2.72 bits per heavy atom. The van der Waals surface area contributed by atoms with Gasteiger partial charge in [-0.1, -0.05) is 18.2 Å². The van der Waals surface area contributed by atoms with Crippen LogP contribution in [0.3, 0.4) is 0 Å². The summed E-state index contributed by atoms with van der Waals surface area (Å²) < 4.78 is 42.5. The van der Waals surface area contributed by atoms with Crippen LogP contribution in [0.25, 0.3) is 0 Å². The third-order valence-corrected chi connectivity index (χ3v) is 7.69. The number of hydrogen-bond donors (Lipinski definition) is 3. The quantitative estimate of drug-likeness (QED) is 0.311. The lowest BCUT2D eigenvalue weighted by Gasteiger charge is -2.32. The van der Waals surface area contributed by atoms with Crippen LogP contribution in [0.1, 0.15) is 26.0 Å². The van der Waals surface area contributed by atoms with Crippen molar-refractivity contribution in [2.24, 2.45) is 0 Å². The number of methoxy groups -OCH3 is 1. The predicted octanol–water partition coefficient (Wildman–Crippen LogP) is 0.699. The number of aliphatic hydroxyl groups excluding tert-OH is 1. The molecule has 14 heteroatoms. The second-order valence-corrected chi connectivity index (χ2v) is 10.2. The zero-order chi connectivity index (χ0) is 25.9. The first-order valence-electron chi connectivity index (χ1n) is 11.3. The van der Waals surface area contributed by atoms with Crippen LogP contribution in [0.2, 0.25) is 0 Å². The van der Waals surface area contributed by atoms with E-state index in [0.717, 1.165) is 10.6 Å². The molecule has 4 rings (SSSR count). The molecule has 2 fully saturated rings. The number of ether oxygens (including phenoxy) is 3. The fourth-order valence-corrected chi connectivity index (χ4v) is 5.82. The van der Waals surface area contributed by atoms with Crippen LogP contribution in [0.4, 0.5) is 0 Å². The number of aliphatic hydroxyl groups is 1. The van der Waals surface area contributed by atoms with Crippen LogP contribution < -0.4 is 20.9 Å². The maximum absolute atomic E-state index is 13.6. The zero-order valence-electron chi connectivity index (χ0n) is 19.7. The summed E-state index contributed by atoms with van der Waals surface area (Å²) in [4.78, 5) is 38.1. The molecule has 196 valence electrons. The number of esters is 1. The Kier molecular flexibility index (Phi) is 7.79. The molecule has 1 spiro atoms. The number of nitrogens with one attached hydrogen (secondary N) is 2. The van der Waals surface area contributed by atoms with E-state index in [1.54, 1.807) is 30.3 Å². The van der Waals surface area contributed by atoms with E-state index in [1.807, 2.05) is 0 Å². The fourth-order valence-electron chi connectivity index (χ4n) is 4.32. The van der Waals surface area contributed by atoms with Gasteiger partial charge in [0.2, 0.25) is 0 Å². The van der Waals surface area contributed by atoms with Gasteiger partial charge in [-0.3, -0.25) is 23.7 Å². The summed E-state index contributed by atoms with van der Waals surface area (Å²) >= 11 is 0. The molecule has 0 amide bonds. The molecule has 0 bridgehead atoms. The van der Waals surface area contributed by atoms with Gasteiger partial charge in [0.15, 0.2) is 6.23 Å². The highest BCUT2D eigenvalue weighted by Gasteiger charge is 2.60. The average molecular weight is 525 g/mol. The summed E-state index contributed by atoms with van der Waals surface area (Å²) in [6, 6.07) is 8.30. The topological polar surface area (TPSA) is 167 Å². The number of aromatic amines is 1. The molecule has 2 saturated heterocycles. The van der Waals surface area contributed by atoms with Crippen molar-refractivity contribution < 1.29 is 37.7 Å². The van der Waals surface area contributed by atoms with E-state index in [4.69, 9.17) is 18.5 Å². The number of H-pyrrole nitrogens is 1. The number of hydrogen-bond acceptors (Lipinski definition) is 10.